The van der Waals surface area contributed by atoms with Gasteiger partial charge in [0, 0.05) is 11.8 Å². The Morgan fingerprint density at radius 3 is 2.53 bits per heavy atom. The van der Waals surface area contributed by atoms with E-state index in [1.165, 1.54) is 24.3 Å². The van der Waals surface area contributed by atoms with E-state index in [4.69, 9.17) is 5.73 Å². The summed E-state index contributed by atoms with van der Waals surface area (Å²) in [6, 6.07) is 5.54. The molecular weight excluding hydrogens is 227 g/mol. The molecule has 2 rings (SSSR count). The molecule has 0 bridgehead atoms. The first kappa shape index (κ1) is 10.9. The van der Waals surface area contributed by atoms with Crippen LogP contribution in [0.1, 0.15) is 0 Å². The summed E-state index contributed by atoms with van der Waals surface area (Å²) in [5.41, 5.74) is 5.13. The summed E-state index contributed by atoms with van der Waals surface area (Å²) in [7, 11) is 0. The van der Waals surface area contributed by atoms with E-state index < -0.39 is 17.4 Å². The van der Waals surface area contributed by atoms with Crippen molar-refractivity contribution in [2.45, 2.75) is 0 Å². The molecule has 17 heavy (non-hydrogen) atoms. The molecule has 0 saturated carbocycles. The number of halogens is 1. The molecule has 0 aliphatic carbocycles. The topological polar surface area (TPSA) is 92.9 Å². The van der Waals surface area contributed by atoms with Crippen molar-refractivity contribution >= 4 is 17.5 Å². The Kier molecular flexibility index (Phi) is 2.65. The van der Waals surface area contributed by atoms with Crippen LogP contribution < -0.4 is 16.6 Å². The molecule has 0 aliphatic rings. The minimum atomic E-state index is -0.696. The number of aromatic nitrogens is 2. The first-order chi connectivity index (χ1) is 8.06. The van der Waals surface area contributed by atoms with Gasteiger partial charge in [-0.25, -0.2) is 9.18 Å². The SMILES string of the molecule is Nc1cc(=O)n(C(=O)Nc2ccc(F)cc2)[nH]1. The van der Waals surface area contributed by atoms with E-state index in [0.29, 0.717) is 5.69 Å². The Balaban J connectivity index is 2.20. The number of amides is 1. The van der Waals surface area contributed by atoms with E-state index in [1.54, 1.807) is 0 Å². The Morgan fingerprint density at radius 1 is 1.35 bits per heavy atom. The van der Waals surface area contributed by atoms with Crippen molar-refractivity contribution in [3.8, 4) is 0 Å². The van der Waals surface area contributed by atoms with E-state index in [-0.39, 0.29) is 5.82 Å². The number of benzene rings is 1. The van der Waals surface area contributed by atoms with Gasteiger partial charge in [0.25, 0.3) is 5.56 Å². The summed E-state index contributed by atoms with van der Waals surface area (Å²) in [6.07, 6.45) is 0. The van der Waals surface area contributed by atoms with Crippen LogP contribution in [-0.4, -0.2) is 15.8 Å². The first-order valence-electron chi connectivity index (χ1n) is 4.71. The fourth-order valence-corrected chi connectivity index (χ4v) is 1.28. The molecule has 7 heteroatoms. The van der Waals surface area contributed by atoms with Crippen LogP contribution in [0.2, 0.25) is 0 Å². The lowest BCUT2D eigenvalue weighted by atomic mass is 10.3. The summed E-state index contributed by atoms with van der Waals surface area (Å²) in [4.78, 5) is 22.9. The second kappa shape index (κ2) is 4.12. The van der Waals surface area contributed by atoms with Crippen LogP contribution in [0.3, 0.4) is 0 Å². The summed E-state index contributed by atoms with van der Waals surface area (Å²) in [6.45, 7) is 0. The number of nitrogen functional groups attached to an aromatic ring is 1. The predicted molar refractivity (Wildman–Crippen MR) is 60.3 cm³/mol. The highest BCUT2D eigenvalue weighted by atomic mass is 19.1. The van der Waals surface area contributed by atoms with Crippen LogP contribution in [0.15, 0.2) is 35.1 Å². The van der Waals surface area contributed by atoms with Crippen LogP contribution in [0.25, 0.3) is 0 Å². The molecule has 0 aliphatic heterocycles. The monoisotopic (exact) mass is 236 g/mol. The average Bonchev–Trinajstić information content (AvgIpc) is 2.61. The maximum absolute atomic E-state index is 12.6. The normalized spacial score (nSPS) is 10.2. The van der Waals surface area contributed by atoms with E-state index >= 15 is 0 Å². The van der Waals surface area contributed by atoms with Gasteiger partial charge in [-0.2, -0.15) is 4.68 Å². The lowest BCUT2D eigenvalue weighted by molar-refractivity contribution is 0.250. The van der Waals surface area contributed by atoms with E-state index in [2.05, 4.69) is 10.4 Å². The molecule has 0 radical (unpaired) electrons. The second-order valence-electron chi connectivity index (χ2n) is 3.32. The van der Waals surface area contributed by atoms with Crippen LogP contribution in [-0.2, 0) is 0 Å². The van der Waals surface area contributed by atoms with Gasteiger partial charge in [0.1, 0.15) is 11.6 Å². The number of rotatable bonds is 1. The molecule has 0 saturated heterocycles. The van der Waals surface area contributed by atoms with Gasteiger partial charge in [0.2, 0.25) is 0 Å². The molecule has 0 spiro atoms. The number of carbonyl (C=O) groups is 1. The fraction of sp³-hybridized carbons (Fsp3) is 0. The standard InChI is InChI=1S/C10H9FN4O2/c11-6-1-3-7(4-2-6)13-10(17)15-9(16)5-8(12)14-15/h1-5,14H,12H2,(H,13,17). The van der Waals surface area contributed by atoms with E-state index in [0.717, 1.165) is 10.7 Å². The van der Waals surface area contributed by atoms with Gasteiger partial charge in [0.15, 0.2) is 0 Å². The number of aromatic amines is 1. The fourth-order valence-electron chi connectivity index (χ4n) is 1.28. The molecule has 1 aromatic heterocycles. The Bertz CT molecular complexity index is 600. The summed E-state index contributed by atoms with van der Waals surface area (Å²) >= 11 is 0. The van der Waals surface area contributed by atoms with Crippen LogP contribution in [0, 0.1) is 5.82 Å². The van der Waals surface area contributed by atoms with Crippen molar-refractivity contribution in [1.82, 2.24) is 9.78 Å². The summed E-state index contributed by atoms with van der Waals surface area (Å²) in [5.74, 6) is -0.325. The Morgan fingerprint density at radius 2 is 2.00 bits per heavy atom. The minimum Gasteiger partial charge on any atom is -0.384 e. The minimum absolute atomic E-state index is 0.0873. The summed E-state index contributed by atoms with van der Waals surface area (Å²) in [5, 5.41) is 4.78. The van der Waals surface area contributed by atoms with Crippen molar-refractivity contribution in [1.29, 1.82) is 0 Å². The zero-order chi connectivity index (χ0) is 12.4. The van der Waals surface area contributed by atoms with Gasteiger partial charge < -0.3 is 11.1 Å². The molecule has 88 valence electrons. The average molecular weight is 236 g/mol. The third-order valence-electron chi connectivity index (χ3n) is 2.04. The van der Waals surface area contributed by atoms with Gasteiger partial charge in [0.05, 0.1) is 0 Å². The predicted octanol–water partition coefficient (Wildman–Crippen LogP) is 0.978. The maximum atomic E-state index is 12.6. The number of nitrogens with one attached hydrogen (secondary N) is 2. The van der Waals surface area contributed by atoms with Crippen molar-refractivity contribution in [3.63, 3.8) is 0 Å². The quantitative estimate of drug-likeness (QED) is 0.688. The Hall–Kier alpha value is -2.57. The smallest absolute Gasteiger partial charge is 0.348 e. The highest BCUT2D eigenvalue weighted by Gasteiger charge is 2.09. The van der Waals surface area contributed by atoms with Gasteiger partial charge in [-0.1, -0.05) is 0 Å². The van der Waals surface area contributed by atoms with Crippen LogP contribution in [0.4, 0.5) is 20.7 Å². The van der Waals surface area contributed by atoms with Crippen molar-refractivity contribution in [2.24, 2.45) is 0 Å². The van der Waals surface area contributed by atoms with Crippen LogP contribution >= 0.6 is 0 Å². The number of nitrogens with two attached hydrogens (primary N) is 1. The molecule has 0 atom stereocenters. The molecule has 4 N–H and O–H groups in total. The van der Waals surface area contributed by atoms with Crippen molar-refractivity contribution < 1.29 is 9.18 Å². The van der Waals surface area contributed by atoms with Gasteiger partial charge >= 0.3 is 6.03 Å². The molecule has 0 unspecified atom stereocenters. The number of hydrogen-bond acceptors (Lipinski definition) is 3. The third kappa shape index (κ3) is 2.33. The van der Waals surface area contributed by atoms with Crippen LogP contribution in [0.5, 0.6) is 0 Å². The van der Waals surface area contributed by atoms with Crippen molar-refractivity contribution in [3.05, 3.63) is 46.5 Å². The lowest BCUT2D eigenvalue weighted by Crippen LogP contribution is -2.29. The number of anilines is 2. The lowest BCUT2D eigenvalue weighted by Gasteiger charge is -2.04. The molecule has 1 aromatic carbocycles. The molecule has 1 amide bonds. The Labute approximate surface area is 94.8 Å². The maximum Gasteiger partial charge on any atom is 0.348 e. The highest BCUT2D eigenvalue weighted by Crippen LogP contribution is 2.08. The second-order valence-corrected chi connectivity index (χ2v) is 3.32. The zero-order valence-corrected chi connectivity index (χ0v) is 8.61. The molecule has 6 nitrogen and oxygen atoms in total. The highest BCUT2D eigenvalue weighted by molar-refractivity contribution is 5.90. The van der Waals surface area contributed by atoms with E-state index in [9.17, 15) is 14.0 Å². The molecule has 0 fully saturated rings. The molecule has 1 heterocycles. The number of nitrogens with zero attached hydrogens (tertiary/aromatic N) is 1. The van der Waals surface area contributed by atoms with Crippen molar-refractivity contribution in [2.75, 3.05) is 11.1 Å². The summed E-state index contributed by atoms with van der Waals surface area (Å²) < 4.78 is 13.3. The zero-order valence-electron chi connectivity index (χ0n) is 8.61. The van der Waals surface area contributed by atoms with Gasteiger partial charge in [-0.05, 0) is 24.3 Å². The molecule has 2 aromatic rings. The molecular formula is C10H9FN4O2. The number of H-pyrrole nitrogens is 1. The van der Waals surface area contributed by atoms with Gasteiger partial charge in [-0.15, -0.1) is 0 Å². The number of carbonyl (C=O) groups excluding carboxylic acids is 1. The first-order valence-corrected chi connectivity index (χ1v) is 4.71. The van der Waals surface area contributed by atoms with E-state index in [1.807, 2.05) is 0 Å². The largest absolute Gasteiger partial charge is 0.384 e. The number of hydrogen-bond donors (Lipinski definition) is 3. The third-order valence-corrected chi connectivity index (χ3v) is 2.04. The van der Waals surface area contributed by atoms with Gasteiger partial charge in [-0.3, -0.25) is 9.89 Å².